The zero-order chi connectivity index (χ0) is 30.8. The molecule has 0 fully saturated rings. The first-order valence-corrected chi connectivity index (χ1v) is 16.1. The highest BCUT2D eigenvalue weighted by atomic mass is 15.1. The van der Waals surface area contributed by atoms with Crippen LogP contribution in [0.4, 0.5) is 17.1 Å². The van der Waals surface area contributed by atoms with E-state index in [2.05, 4.69) is 183 Å². The highest BCUT2D eigenvalue weighted by Crippen LogP contribution is 2.57. The first-order valence-electron chi connectivity index (χ1n) is 16.1. The van der Waals surface area contributed by atoms with Crippen LogP contribution < -0.4 is 4.90 Å². The fourth-order valence-corrected chi connectivity index (χ4v) is 7.95. The lowest BCUT2D eigenvalue weighted by Gasteiger charge is -2.30. The number of benzene rings is 8. The van der Waals surface area contributed by atoms with Gasteiger partial charge in [-0.1, -0.05) is 141 Å². The van der Waals surface area contributed by atoms with Gasteiger partial charge in [-0.3, -0.25) is 0 Å². The summed E-state index contributed by atoms with van der Waals surface area (Å²) in [5, 5.41) is 7.79. The van der Waals surface area contributed by atoms with Gasteiger partial charge in [-0.15, -0.1) is 0 Å². The molecule has 0 radical (unpaired) electrons. The van der Waals surface area contributed by atoms with Gasteiger partial charge in [0.15, 0.2) is 0 Å². The lowest BCUT2D eigenvalue weighted by Crippen LogP contribution is -2.17. The third-order valence-corrected chi connectivity index (χ3v) is 9.97. The molecule has 9 rings (SSSR count). The molecule has 0 aromatic heterocycles. The van der Waals surface area contributed by atoms with E-state index in [0.717, 1.165) is 11.4 Å². The molecule has 1 nitrogen and oxygen atoms in total. The lowest BCUT2D eigenvalue weighted by atomic mass is 9.77. The maximum absolute atomic E-state index is 2.48. The summed E-state index contributed by atoms with van der Waals surface area (Å²) in [6.07, 6.45) is 0. The summed E-state index contributed by atoms with van der Waals surface area (Å²) in [5.41, 5.74) is 11.3. The van der Waals surface area contributed by atoms with Crippen LogP contribution in [0.15, 0.2) is 164 Å². The summed E-state index contributed by atoms with van der Waals surface area (Å²) >= 11 is 0. The van der Waals surface area contributed by atoms with E-state index in [-0.39, 0.29) is 5.41 Å². The van der Waals surface area contributed by atoms with Crippen molar-refractivity contribution < 1.29 is 0 Å². The number of para-hydroxylation sites is 2. The van der Waals surface area contributed by atoms with Crippen molar-refractivity contribution in [2.45, 2.75) is 19.3 Å². The van der Waals surface area contributed by atoms with Gasteiger partial charge in [0.25, 0.3) is 0 Å². The van der Waals surface area contributed by atoms with Crippen molar-refractivity contribution in [2.75, 3.05) is 4.90 Å². The van der Waals surface area contributed by atoms with Crippen molar-refractivity contribution in [3.05, 3.63) is 175 Å². The molecule has 0 unspecified atom stereocenters. The van der Waals surface area contributed by atoms with Crippen molar-refractivity contribution in [1.82, 2.24) is 0 Å². The van der Waals surface area contributed by atoms with E-state index in [4.69, 9.17) is 0 Å². The van der Waals surface area contributed by atoms with E-state index in [0.29, 0.717) is 0 Å². The Labute approximate surface area is 270 Å². The van der Waals surface area contributed by atoms with Crippen LogP contribution in [0.5, 0.6) is 0 Å². The van der Waals surface area contributed by atoms with Crippen LogP contribution in [-0.4, -0.2) is 0 Å². The highest BCUT2D eigenvalue weighted by Gasteiger charge is 2.40. The third-order valence-electron chi connectivity index (χ3n) is 9.97. The molecule has 0 saturated heterocycles. The Hall–Kier alpha value is -5.66. The average Bonchev–Trinajstić information content (AvgIpc) is 3.35. The quantitative estimate of drug-likeness (QED) is 0.185. The monoisotopic (exact) mass is 587 g/mol. The van der Waals surface area contributed by atoms with E-state index in [1.807, 2.05) is 0 Å². The summed E-state index contributed by atoms with van der Waals surface area (Å²) in [5.74, 6) is 0. The second kappa shape index (κ2) is 10.2. The molecule has 218 valence electrons. The van der Waals surface area contributed by atoms with Crippen LogP contribution >= 0.6 is 0 Å². The molecule has 0 heterocycles. The Kier molecular flexibility index (Phi) is 5.92. The average molecular weight is 588 g/mol. The maximum Gasteiger partial charge on any atom is 0.0543 e. The van der Waals surface area contributed by atoms with Crippen molar-refractivity contribution >= 4 is 49.4 Å². The van der Waals surface area contributed by atoms with Gasteiger partial charge in [0.2, 0.25) is 0 Å². The Morgan fingerprint density at radius 2 is 1.02 bits per heavy atom. The second-order valence-electron chi connectivity index (χ2n) is 12.9. The van der Waals surface area contributed by atoms with Crippen LogP contribution in [0.3, 0.4) is 0 Å². The van der Waals surface area contributed by atoms with Crippen molar-refractivity contribution in [1.29, 1.82) is 0 Å². The van der Waals surface area contributed by atoms with Crippen LogP contribution in [0.1, 0.15) is 25.0 Å². The standard InChI is InChI=1S/C45H33N/c1-45(2)40-29-41(46(32-19-8-4-9-20-32)33-21-10-5-11-22-33)35-24-14-15-25-36(35)42(40)38-27-26-37-34-23-13-12-18-31(34)28-39(43(37)44(38)45)30-16-6-3-7-17-30/h3-29H,1-2H3. The summed E-state index contributed by atoms with van der Waals surface area (Å²) < 4.78 is 0. The minimum Gasteiger partial charge on any atom is -0.310 e. The first-order chi connectivity index (χ1) is 22.6. The zero-order valence-electron chi connectivity index (χ0n) is 26.0. The van der Waals surface area contributed by atoms with Crippen LogP contribution in [0.2, 0.25) is 0 Å². The molecule has 0 aliphatic heterocycles. The van der Waals surface area contributed by atoms with Gasteiger partial charge in [0, 0.05) is 22.2 Å². The van der Waals surface area contributed by atoms with Gasteiger partial charge in [-0.2, -0.15) is 0 Å². The molecule has 0 saturated carbocycles. The largest absolute Gasteiger partial charge is 0.310 e. The van der Waals surface area contributed by atoms with Gasteiger partial charge in [0.05, 0.1) is 5.69 Å². The second-order valence-corrected chi connectivity index (χ2v) is 12.9. The van der Waals surface area contributed by atoms with Gasteiger partial charge < -0.3 is 4.90 Å². The number of anilines is 3. The minimum absolute atomic E-state index is 0.242. The topological polar surface area (TPSA) is 3.24 Å². The lowest BCUT2D eigenvalue weighted by molar-refractivity contribution is 0.667. The smallest absolute Gasteiger partial charge is 0.0543 e. The molecule has 1 aliphatic carbocycles. The first kappa shape index (κ1) is 26.7. The molecule has 8 aromatic carbocycles. The van der Waals surface area contributed by atoms with Crippen molar-refractivity contribution in [3.63, 3.8) is 0 Å². The molecule has 0 amide bonds. The van der Waals surface area contributed by atoms with E-state index in [1.165, 1.54) is 71.4 Å². The Balaban J connectivity index is 1.40. The Bertz CT molecular complexity index is 2380. The van der Waals surface area contributed by atoms with Gasteiger partial charge in [-0.05, 0) is 96.7 Å². The van der Waals surface area contributed by atoms with Crippen LogP contribution in [-0.2, 0) is 5.41 Å². The molecule has 46 heavy (non-hydrogen) atoms. The predicted octanol–water partition coefficient (Wildman–Crippen LogP) is 12.6. The number of hydrogen-bond donors (Lipinski definition) is 0. The number of hydrogen-bond acceptors (Lipinski definition) is 1. The van der Waals surface area contributed by atoms with Crippen LogP contribution in [0, 0.1) is 0 Å². The molecule has 8 aromatic rings. The van der Waals surface area contributed by atoms with Crippen LogP contribution in [0.25, 0.3) is 54.6 Å². The van der Waals surface area contributed by atoms with Crippen molar-refractivity contribution in [3.8, 4) is 22.3 Å². The predicted molar refractivity (Wildman–Crippen MR) is 197 cm³/mol. The van der Waals surface area contributed by atoms with E-state index < -0.39 is 0 Å². The maximum atomic E-state index is 2.48. The SMILES string of the molecule is CC1(C)c2cc(N(c3ccccc3)c3ccccc3)c3ccccc3c2-c2ccc3c(c(-c4ccccc4)cc4ccccc43)c21. The normalized spacial score (nSPS) is 13.2. The summed E-state index contributed by atoms with van der Waals surface area (Å²) in [6.45, 7) is 4.85. The van der Waals surface area contributed by atoms with Crippen molar-refractivity contribution in [2.24, 2.45) is 0 Å². The Morgan fingerprint density at radius 3 is 1.70 bits per heavy atom. The number of fused-ring (bicyclic) bond motifs is 9. The van der Waals surface area contributed by atoms with E-state index in [9.17, 15) is 0 Å². The fraction of sp³-hybridized carbons (Fsp3) is 0.0667. The molecule has 0 bridgehead atoms. The molecular formula is C45H33N. The number of nitrogens with zero attached hydrogens (tertiary/aromatic N) is 1. The molecule has 0 spiro atoms. The summed E-state index contributed by atoms with van der Waals surface area (Å²) in [7, 11) is 0. The van der Waals surface area contributed by atoms with Gasteiger partial charge in [0.1, 0.15) is 0 Å². The minimum atomic E-state index is -0.242. The van der Waals surface area contributed by atoms with E-state index >= 15 is 0 Å². The van der Waals surface area contributed by atoms with Gasteiger partial charge >= 0.3 is 0 Å². The van der Waals surface area contributed by atoms with E-state index in [1.54, 1.807) is 0 Å². The Morgan fingerprint density at radius 1 is 0.457 bits per heavy atom. The fourth-order valence-electron chi connectivity index (χ4n) is 7.95. The summed E-state index contributed by atoms with van der Waals surface area (Å²) in [4.78, 5) is 2.42. The molecular weight excluding hydrogens is 555 g/mol. The molecule has 1 aliphatic rings. The zero-order valence-corrected chi connectivity index (χ0v) is 26.0. The third kappa shape index (κ3) is 3.88. The summed E-state index contributed by atoms with van der Waals surface area (Å²) in [6, 6.07) is 59.9. The molecule has 1 heteroatoms. The molecule has 0 atom stereocenters. The molecule has 0 N–H and O–H groups in total. The number of rotatable bonds is 4. The van der Waals surface area contributed by atoms with Gasteiger partial charge in [-0.25, -0.2) is 0 Å². The highest BCUT2D eigenvalue weighted by molar-refractivity contribution is 6.19.